The number of halogens is 1. The predicted octanol–water partition coefficient (Wildman–Crippen LogP) is 1.73. The molecule has 128 valence electrons. The second-order valence-electron chi connectivity index (χ2n) is 5.67. The molecule has 0 N–H and O–H groups in total. The van der Waals surface area contributed by atoms with Gasteiger partial charge >= 0.3 is 0 Å². The molecule has 3 rings (SSSR count). The van der Waals surface area contributed by atoms with Crippen molar-refractivity contribution in [2.24, 2.45) is 0 Å². The van der Waals surface area contributed by atoms with E-state index in [4.69, 9.17) is 11.6 Å². The molecule has 24 heavy (non-hydrogen) atoms. The van der Waals surface area contributed by atoms with Gasteiger partial charge < -0.3 is 4.90 Å². The third kappa shape index (κ3) is 4.23. The third-order valence-corrected chi connectivity index (χ3v) is 6.00. The van der Waals surface area contributed by atoms with Crippen molar-refractivity contribution in [3.8, 4) is 0 Å². The first-order valence-corrected chi connectivity index (χ1v) is 9.82. The van der Waals surface area contributed by atoms with Crippen LogP contribution in [0.4, 0.5) is 5.82 Å². The molecule has 2 aromatic rings. The van der Waals surface area contributed by atoms with Crippen molar-refractivity contribution in [1.82, 2.24) is 15.1 Å². The van der Waals surface area contributed by atoms with Crippen LogP contribution in [0.15, 0.2) is 47.4 Å². The van der Waals surface area contributed by atoms with Crippen molar-refractivity contribution in [1.29, 1.82) is 0 Å². The van der Waals surface area contributed by atoms with Gasteiger partial charge in [0.15, 0.2) is 20.8 Å². The smallest absolute Gasteiger partial charge is 0.179 e. The van der Waals surface area contributed by atoms with E-state index in [1.165, 1.54) is 0 Å². The van der Waals surface area contributed by atoms with E-state index < -0.39 is 9.84 Å². The zero-order chi connectivity index (χ0) is 17.0. The topological polar surface area (TPSA) is 66.4 Å². The van der Waals surface area contributed by atoms with E-state index in [1.807, 2.05) is 12.1 Å². The van der Waals surface area contributed by atoms with Crippen molar-refractivity contribution in [2.45, 2.75) is 4.90 Å². The third-order valence-electron chi connectivity index (χ3n) is 4.09. The summed E-state index contributed by atoms with van der Waals surface area (Å²) < 4.78 is 24.6. The molecule has 0 amide bonds. The lowest BCUT2D eigenvalue weighted by Crippen LogP contribution is -2.48. The van der Waals surface area contributed by atoms with Crippen molar-refractivity contribution < 1.29 is 8.42 Å². The molecule has 1 aliphatic rings. The van der Waals surface area contributed by atoms with E-state index in [9.17, 15) is 8.42 Å². The molecule has 0 unspecified atom stereocenters. The molecule has 1 aromatic carbocycles. The van der Waals surface area contributed by atoms with E-state index in [-0.39, 0.29) is 5.75 Å². The van der Waals surface area contributed by atoms with Crippen LogP contribution < -0.4 is 4.90 Å². The Kier molecular flexibility index (Phi) is 5.33. The van der Waals surface area contributed by atoms with E-state index in [0.29, 0.717) is 16.6 Å². The molecular formula is C16H19ClN4O2S. The van der Waals surface area contributed by atoms with E-state index in [1.54, 1.807) is 30.3 Å². The average molecular weight is 367 g/mol. The van der Waals surface area contributed by atoms with Gasteiger partial charge in [0.1, 0.15) is 0 Å². The zero-order valence-corrected chi connectivity index (χ0v) is 14.7. The lowest BCUT2D eigenvalue weighted by atomic mass is 10.3. The Bertz CT molecular complexity index is 760. The molecule has 0 bridgehead atoms. The number of sulfone groups is 1. The Morgan fingerprint density at radius 2 is 1.67 bits per heavy atom. The number of anilines is 1. The second-order valence-corrected chi connectivity index (χ2v) is 8.17. The highest BCUT2D eigenvalue weighted by Crippen LogP contribution is 2.15. The molecule has 8 heteroatoms. The predicted molar refractivity (Wildman–Crippen MR) is 94.2 cm³/mol. The van der Waals surface area contributed by atoms with E-state index in [0.717, 1.165) is 32.0 Å². The highest BCUT2D eigenvalue weighted by Gasteiger charge is 2.21. The molecule has 0 aliphatic carbocycles. The van der Waals surface area contributed by atoms with Crippen LogP contribution in [0, 0.1) is 0 Å². The summed E-state index contributed by atoms with van der Waals surface area (Å²) in [4.78, 5) is 4.69. The van der Waals surface area contributed by atoms with Crippen LogP contribution in [0.25, 0.3) is 0 Å². The Morgan fingerprint density at radius 3 is 2.29 bits per heavy atom. The summed E-state index contributed by atoms with van der Waals surface area (Å²) in [7, 11) is -3.22. The molecular weight excluding hydrogens is 348 g/mol. The fourth-order valence-electron chi connectivity index (χ4n) is 2.67. The van der Waals surface area contributed by atoms with Gasteiger partial charge in [0.05, 0.1) is 10.6 Å². The van der Waals surface area contributed by atoms with Gasteiger partial charge in [-0.1, -0.05) is 29.8 Å². The zero-order valence-electron chi connectivity index (χ0n) is 13.2. The highest BCUT2D eigenvalue weighted by atomic mass is 35.5. The van der Waals surface area contributed by atoms with Crippen LogP contribution in [-0.4, -0.2) is 62.0 Å². The van der Waals surface area contributed by atoms with Crippen molar-refractivity contribution in [3.63, 3.8) is 0 Å². The molecule has 1 saturated heterocycles. The molecule has 0 spiro atoms. The lowest BCUT2D eigenvalue weighted by Gasteiger charge is -2.35. The summed E-state index contributed by atoms with van der Waals surface area (Å²) in [5.41, 5.74) is 0. The first kappa shape index (κ1) is 17.1. The SMILES string of the molecule is O=S(=O)(CCN1CCN(c2ccc(Cl)nn2)CC1)c1ccccc1. The number of hydrogen-bond donors (Lipinski definition) is 0. The minimum atomic E-state index is -3.22. The van der Waals surface area contributed by atoms with Gasteiger partial charge in [0.25, 0.3) is 0 Å². The van der Waals surface area contributed by atoms with Crippen LogP contribution in [-0.2, 0) is 9.84 Å². The van der Waals surface area contributed by atoms with Gasteiger partial charge in [0, 0.05) is 32.7 Å². The molecule has 0 saturated carbocycles. The molecule has 0 radical (unpaired) electrons. The number of aromatic nitrogens is 2. The van der Waals surface area contributed by atoms with Crippen molar-refractivity contribution >= 4 is 27.3 Å². The fraction of sp³-hybridized carbons (Fsp3) is 0.375. The Morgan fingerprint density at radius 1 is 0.958 bits per heavy atom. The van der Waals surface area contributed by atoms with Gasteiger partial charge in [0.2, 0.25) is 0 Å². The quantitative estimate of drug-likeness (QED) is 0.802. The number of benzene rings is 1. The van der Waals surface area contributed by atoms with Crippen LogP contribution in [0.3, 0.4) is 0 Å². The van der Waals surface area contributed by atoms with Gasteiger partial charge in [-0.15, -0.1) is 10.2 Å². The normalized spacial score (nSPS) is 16.3. The van der Waals surface area contributed by atoms with E-state index in [2.05, 4.69) is 20.0 Å². The minimum Gasteiger partial charge on any atom is -0.353 e. The molecule has 1 aliphatic heterocycles. The Labute approximate surface area is 147 Å². The molecule has 2 heterocycles. The maximum atomic E-state index is 12.3. The maximum absolute atomic E-state index is 12.3. The standard InChI is InChI=1S/C16H19ClN4O2S/c17-15-6-7-16(19-18-15)21-10-8-20(9-11-21)12-13-24(22,23)14-4-2-1-3-5-14/h1-7H,8-13H2. The summed E-state index contributed by atoms with van der Waals surface area (Å²) in [6, 6.07) is 12.2. The monoisotopic (exact) mass is 366 g/mol. The summed E-state index contributed by atoms with van der Waals surface area (Å²) in [5, 5.41) is 8.32. The Hall–Kier alpha value is -1.70. The van der Waals surface area contributed by atoms with Crippen LogP contribution in [0.1, 0.15) is 0 Å². The molecule has 1 aromatic heterocycles. The first-order chi connectivity index (χ1) is 11.5. The number of piperazine rings is 1. The summed E-state index contributed by atoms with van der Waals surface area (Å²) >= 11 is 5.75. The molecule has 6 nitrogen and oxygen atoms in total. The molecule has 1 fully saturated rings. The first-order valence-electron chi connectivity index (χ1n) is 7.79. The minimum absolute atomic E-state index is 0.137. The van der Waals surface area contributed by atoms with Gasteiger partial charge in [-0.05, 0) is 24.3 Å². The second kappa shape index (κ2) is 7.46. The maximum Gasteiger partial charge on any atom is 0.179 e. The number of nitrogens with zero attached hydrogens (tertiary/aromatic N) is 4. The largest absolute Gasteiger partial charge is 0.353 e. The van der Waals surface area contributed by atoms with Crippen molar-refractivity contribution in [2.75, 3.05) is 43.4 Å². The van der Waals surface area contributed by atoms with Gasteiger partial charge in [-0.25, -0.2) is 8.42 Å². The van der Waals surface area contributed by atoms with Crippen LogP contribution in [0.5, 0.6) is 0 Å². The van der Waals surface area contributed by atoms with Gasteiger partial charge in [-0.2, -0.15) is 0 Å². The summed E-state index contributed by atoms with van der Waals surface area (Å²) in [5.74, 6) is 0.938. The lowest BCUT2D eigenvalue weighted by molar-refractivity contribution is 0.271. The van der Waals surface area contributed by atoms with E-state index >= 15 is 0 Å². The number of hydrogen-bond acceptors (Lipinski definition) is 6. The van der Waals surface area contributed by atoms with Crippen LogP contribution >= 0.6 is 11.6 Å². The van der Waals surface area contributed by atoms with Crippen molar-refractivity contribution in [3.05, 3.63) is 47.6 Å². The summed E-state index contributed by atoms with van der Waals surface area (Å²) in [6.07, 6.45) is 0. The summed E-state index contributed by atoms with van der Waals surface area (Å²) in [6.45, 7) is 3.73. The average Bonchev–Trinajstić information content (AvgIpc) is 2.62. The van der Waals surface area contributed by atoms with Crippen LogP contribution in [0.2, 0.25) is 5.15 Å². The highest BCUT2D eigenvalue weighted by molar-refractivity contribution is 7.91. The Balaban J connectivity index is 1.51. The molecule has 0 atom stereocenters. The number of rotatable bonds is 5. The van der Waals surface area contributed by atoms with Gasteiger partial charge in [-0.3, -0.25) is 4.90 Å². The fourth-order valence-corrected chi connectivity index (χ4v) is 4.08.